The van der Waals surface area contributed by atoms with Gasteiger partial charge in [0.1, 0.15) is 11.3 Å². The van der Waals surface area contributed by atoms with Crippen LogP contribution in [0.3, 0.4) is 0 Å². The number of hydrogen-bond acceptors (Lipinski definition) is 7. The molecule has 2 N–H and O–H groups in total. The normalized spacial score (nSPS) is 27.4. The molecular formula is C22H30N6O4. The minimum absolute atomic E-state index is 0.00160. The number of carboxylic acid groups (broad SMARTS) is 1. The topological polar surface area (TPSA) is 121 Å². The zero-order valence-corrected chi connectivity index (χ0v) is 18.9. The fraction of sp³-hybridized carbons (Fsp3) is 0.591. The predicted molar refractivity (Wildman–Crippen MR) is 119 cm³/mol. The second-order valence-electron chi connectivity index (χ2n) is 9.61. The molecule has 172 valence electrons. The van der Waals surface area contributed by atoms with Gasteiger partial charge in [0.05, 0.1) is 18.1 Å². The Kier molecular flexibility index (Phi) is 5.56. The van der Waals surface area contributed by atoms with Gasteiger partial charge in [0.25, 0.3) is 0 Å². The Morgan fingerprint density at radius 3 is 2.84 bits per heavy atom. The van der Waals surface area contributed by atoms with E-state index in [-0.39, 0.29) is 23.9 Å². The van der Waals surface area contributed by atoms with Crippen LogP contribution in [0.15, 0.2) is 34.5 Å². The first-order valence-corrected chi connectivity index (χ1v) is 10.9. The summed E-state index contributed by atoms with van der Waals surface area (Å²) in [6, 6.07) is -0.364. The number of hydrogen-bond donors (Lipinski definition) is 2. The molecule has 0 aliphatic carbocycles. The molecule has 10 nitrogen and oxygen atoms in total. The molecule has 1 fully saturated rings. The lowest BCUT2D eigenvalue weighted by Crippen LogP contribution is -2.51. The first-order valence-electron chi connectivity index (χ1n) is 10.9. The number of imidazole rings is 1. The molecule has 3 aliphatic rings. The van der Waals surface area contributed by atoms with Crippen molar-refractivity contribution >= 4 is 23.6 Å². The second-order valence-corrected chi connectivity index (χ2v) is 9.61. The van der Waals surface area contributed by atoms with Gasteiger partial charge in [-0.25, -0.2) is 14.6 Å². The number of amidine groups is 1. The number of fused-ring (bicyclic) bond motifs is 3. The number of aromatic nitrogens is 2. The molecule has 1 saturated heterocycles. The number of aliphatic carboxylic acids is 1. The molecule has 1 unspecified atom stereocenters. The molecule has 0 aromatic carbocycles. The molecule has 0 radical (unpaired) electrons. The summed E-state index contributed by atoms with van der Waals surface area (Å²) in [7, 11) is 0. The van der Waals surface area contributed by atoms with Gasteiger partial charge < -0.3 is 24.6 Å². The van der Waals surface area contributed by atoms with Crippen molar-refractivity contribution in [2.75, 3.05) is 19.6 Å². The minimum Gasteiger partial charge on any atom is -0.477 e. The molecule has 32 heavy (non-hydrogen) atoms. The highest BCUT2D eigenvalue weighted by Gasteiger charge is 2.41. The summed E-state index contributed by atoms with van der Waals surface area (Å²) in [6.45, 7) is 9.07. The van der Waals surface area contributed by atoms with Crippen LogP contribution in [0, 0.1) is 0 Å². The quantitative estimate of drug-likeness (QED) is 0.721. The van der Waals surface area contributed by atoms with Crippen molar-refractivity contribution in [2.24, 2.45) is 9.98 Å². The molecular weight excluding hydrogens is 412 g/mol. The van der Waals surface area contributed by atoms with E-state index in [1.165, 1.54) is 0 Å². The van der Waals surface area contributed by atoms with Crippen LogP contribution in [-0.4, -0.2) is 80.5 Å². The van der Waals surface area contributed by atoms with E-state index in [0.29, 0.717) is 31.3 Å². The Morgan fingerprint density at radius 1 is 1.34 bits per heavy atom. The highest BCUT2D eigenvalue weighted by Crippen LogP contribution is 2.32. The number of likely N-dealkylation sites (tertiary alicyclic amines) is 1. The fourth-order valence-corrected chi connectivity index (χ4v) is 4.30. The Hall–Kier alpha value is -3.17. The number of amides is 1. The van der Waals surface area contributed by atoms with Crippen LogP contribution in [-0.2, 0) is 15.1 Å². The minimum atomic E-state index is -1.05. The molecule has 1 amide bonds. The summed E-state index contributed by atoms with van der Waals surface area (Å²) in [5, 5.41) is 12.8. The van der Waals surface area contributed by atoms with Gasteiger partial charge in [-0.05, 0) is 46.6 Å². The number of nitrogens with zero attached hydrogens (tertiary/aromatic N) is 5. The molecule has 1 aromatic rings. The largest absolute Gasteiger partial charge is 0.477 e. The van der Waals surface area contributed by atoms with Gasteiger partial charge in [-0.1, -0.05) is 6.08 Å². The van der Waals surface area contributed by atoms with E-state index in [0.717, 1.165) is 12.8 Å². The summed E-state index contributed by atoms with van der Waals surface area (Å²) in [5.74, 6) is 0.246. The zero-order chi connectivity index (χ0) is 23.1. The van der Waals surface area contributed by atoms with E-state index in [2.05, 4.69) is 15.3 Å². The van der Waals surface area contributed by atoms with Crippen molar-refractivity contribution in [3.05, 3.63) is 30.4 Å². The molecule has 4 heterocycles. The predicted octanol–water partition coefficient (Wildman–Crippen LogP) is 1.81. The SMILES string of the molecule is CC(C)(C)OC(=O)N1CCC[C@H](NC2=NC[C@H]3N=C(C(=O)O)C=CC3(C)n3ccnc32)C1. The summed E-state index contributed by atoms with van der Waals surface area (Å²) in [5.41, 5.74) is -1.09. The van der Waals surface area contributed by atoms with Crippen molar-refractivity contribution in [2.45, 2.75) is 63.8 Å². The van der Waals surface area contributed by atoms with E-state index >= 15 is 0 Å². The summed E-state index contributed by atoms with van der Waals surface area (Å²) in [6.07, 6.45) is 8.41. The number of nitrogens with one attached hydrogen (secondary N) is 1. The van der Waals surface area contributed by atoms with Crippen LogP contribution < -0.4 is 5.32 Å². The smallest absolute Gasteiger partial charge is 0.410 e. The van der Waals surface area contributed by atoms with Gasteiger partial charge in [0.15, 0.2) is 11.7 Å². The van der Waals surface area contributed by atoms with Crippen LogP contribution in [0.5, 0.6) is 0 Å². The van der Waals surface area contributed by atoms with Crippen molar-refractivity contribution in [3.8, 4) is 0 Å². The lowest BCUT2D eigenvalue weighted by atomic mass is 9.88. The molecule has 4 rings (SSSR count). The molecule has 0 spiro atoms. The number of piperidine rings is 1. The summed E-state index contributed by atoms with van der Waals surface area (Å²) in [4.78, 5) is 39.4. The monoisotopic (exact) mass is 442 g/mol. The molecule has 3 atom stereocenters. The summed E-state index contributed by atoms with van der Waals surface area (Å²) >= 11 is 0. The zero-order valence-electron chi connectivity index (χ0n) is 18.9. The second kappa shape index (κ2) is 8.07. The molecule has 10 heteroatoms. The van der Waals surface area contributed by atoms with Gasteiger partial charge in [0, 0.05) is 31.5 Å². The Morgan fingerprint density at radius 2 is 2.12 bits per heavy atom. The lowest BCUT2D eigenvalue weighted by Gasteiger charge is -2.36. The number of aliphatic imine (C=N–C) groups is 2. The van der Waals surface area contributed by atoms with Crippen molar-refractivity contribution in [1.29, 1.82) is 0 Å². The number of carbonyl (C=O) groups excluding carboxylic acids is 1. The number of dihydropyridines is 1. The van der Waals surface area contributed by atoms with Crippen molar-refractivity contribution in [1.82, 2.24) is 19.8 Å². The first kappa shape index (κ1) is 22.0. The lowest BCUT2D eigenvalue weighted by molar-refractivity contribution is -0.129. The van der Waals surface area contributed by atoms with E-state index in [4.69, 9.17) is 9.73 Å². The summed E-state index contributed by atoms with van der Waals surface area (Å²) < 4.78 is 7.52. The molecule has 0 saturated carbocycles. The highest BCUT2D eigenvalue weighted by atomic mass is 16.6. The van der Waals surface area contributed by atoms with Crippen molar-refractivity contribution in [3.63, 3.8) is 0 Å². The van der Waals surface area contributed by atoms with Crippen LogP contribution in [0.4, 0.5) is 4.79 Å². The third kappa shape index (κ3) is 4.26. The Labute approximate surface area is 187 Å². The molecule has 0 bridgehead atoms. The van der Waals surface area contributed by atoms with Crippen LogP contribution >= 0.6 is 0 Å². The first-order chi connectivity index (χ1) is 15.1. The maximum absolute atomic E-state index is 12.5. The van der Waals surface area contributed by atoms with Crippen LogP contribution in [0.1, 0.15) is 46.4 Å². The number of rotatable bonds is 2. The van der Waals surface area contributed by atoms with Gasteiger partial charge in [0.2, 0.25) is 0 Å². The third-order valence-corrected chi connectivity index (χ3v) is 5.98. The number of carbonyl (C=O) groups is 2. The van der Waals surface area contributed by atoms with Gasteiger partial charge >= 0.3 is 12.1 Å². The average Bonchev–Trinajstić information content (AvgIpc) is 3.18. The maximum atomic E-state index is 12.5. The average molecular weight is 443 g/mol. The number of ether oxygens (including phenoxy) is 1. The van der Waals surface area contributed by atoms with E-state index < -0.39 is 17.1 Å². The number of carboxylic acids is 1. The maximum Gasteiger partial charge on any atom is 0.410 e. The van der Waals surface area contributed by atoms with Crippen LogP contribution in [0.25, 0.3) is 0 Å². The van der Waals surface area contributed by atoms with E-state index in [1.807, 2.05) is 44.5 Å². The van der Waals surface area contributed by atoms with E-state index in [9.17, 15) is 14.7 Å². The van der Waals surface area contributed by atoms with Gasteiger partial charge in [-0.2, -0.15) is 0 Å². The standard InChI is InChI=1S/C22H30N6O4/c1-21(2,3)32-20(31)27-10-5-6-14(13-27)25-17-18-23-9-11-28(18)22(4)8-7-15(19(29)30)26-16(22)12-24-17/h7-9,11,14,16H,5-6,10,12-13H2,1-4H3,(H,24,25)(H,29,30)/t14-,16+,22?/m0/s1. The Balaban J connectivity index is 1.55. The van der Waals surface area contributed by atoms with Crippen LogP contribution in [0.2, 0.25) is 0 Å². The highest BCUT2D eigenvalue weighted by molar-refractivity contribution is 6.40. The van der Waals surface area contributed by atoms with E-state index in [1.54, 1.807) is 17.2 Å². The fourth-order valence-electron chi connectivity index (χ4n) is 4.30. The van der Waals surface area contributed by atoms with Gasteiger partial charge in [-0.3, -0.25) is 9.98 Å². The van der Waals surface area contributed by atoms with Gasteiger partial charge in [-0.15, -0.1) is 0 Å². The van der Waals surface area contributed by atoms with Crippen molar-refractivity contribution < 1.29 is 19.4 Å². The molecule has 1 aromatic heterocycles. The molecule has 3 aliphatic heterocycles. The Bertz CT molecular complexity index is 1000. The third-order valence-electron chi connectivity index (χ3n) is 5.98.